The molecule has 0 atom stereocenters. The molecule has 1 aromatic heterocycles. The van der Waals surface area contributed by atoms with Crippen molar-refractivity contribution in [3.8, 4) is 0 Å². The van der Waals surface area contributed by atoms with Crippen LogP contribution in [0, 0.1) is 11.6 Å². The molecule has 3 aromatic rings. The fraction of sp³-hybridized carbons (Fsp3) is 0.0588. The topological polar surface area (TPSA) is 46.9 Å². The van der Waals surface area contributed by atoms with Crippen LogP contribution in [0.3, 0.4) is 0 Å². The first-order chi connectivity index (χ1) is 11.5. The predicted molar refractivity (Wildman–Crippen MR) is 87.1 cm³/mol. The number of carbonyl (C=O) groups excluding carboxylic acids is 1. The minimum Gasteiger partial charge on any atom is -0.317 e. The maximum absolute atomic E-state index is 13.6. The number of rotatable bonds is 4. The summed E-state index contributed by atoms with van der Waals surface area (Å²) in [6, 6.07) is 10.6. The Morgan fingerprint density at radius 2 is 1.83 bits per heavy atom. The first kappa shape index (κ1) is 16.1. The van der Waals surface area contributed by atoms with Gasteiger partial charge in [-0.1, -0.05) is 35.9 Å². The molecule has 0 saturated carbocycles. The third-order valence-corrected chi connectivity index (χ3v) is 3.76. The minimum atomic E-state index is -0.841. The number of amides is 1. The van der Waals surface area contributed by atoms with Gasteiger partial charge in [0.2, 0.25) is 0 Å². The highest BCUT2D eigenvalue weighted by Gasteiger charge is 2.15. The van der Waals surface area contributed by atoms with Crippen molar-refractivity contribution in [3.05, 3.63) is 82.6 Å². The van der Waals surface area contributed by atoms with E-state index in [1.54, 1.807) is 6.07 Å². The van der Waals surface area contributed by atoms with Gasteiger partial charge >= 0.3 is 0 Å². The number of nitrogens with zero attached hydrogens (tertiary/aromatic N) is 2. The first-order valence-corrected chi connectivity index (χ1v) is 7.43. The number of aromatic nitrogens is 2. The van der Waals surface area contributed by atoms with Gasteiger partial charge < -0.3 is 5.32 Å². The van der Waals surface area contributed by atoms with E-state index >= 15 is 0 Å². The van der Waals surface area contributed by atoms with Crippen LogP contribution in [0.5, 0.6) is 0 Å². The van der Waals surface area contributed by atoms with Gasteiger partial charge in [0.25, 0.3) is 5.91 Å². The third kappa shape index (κ3) is 3.44. The lowest BCUT2D eigenvalue weighted by molar-refractivity contribution is 0.102. The molecule has 0 saturated heterocycles. The number of para-hydroxylation sites is 1. The summed E-state index contributed by atoms with van der Waals surface area (Å²) in [6.45, 7) is 0.376. The maximum Gasteiger partial charge on any atom is 0.259 e. The Bertz CT molecular complexity index is 875. The van der Waals surface area contributed by atoms with Crippen molar-refractivity contribution in [2.24, 2.45) is 0 Å². The Morgan fingerprint density at radius 1 is 1.12 bits per heavy atom. The smallest absolute Gasteiger partial charge is 0.259 e. The molecule has 0 aliphatic heterocycles. The maximum atomic E-state index is 13.6. The van der Waals surface area contributed by atoms with E-state index in [1.807, 2.05) is 18.2 Å². The Balaban J connectivity index is 1.76. The zero-order valence-electron chi connectivity index (χ0n) is 12.3. The van der Waals surface area contributed by atoms with Crippen LogP contribution in [0.4, 0.5) is 14.5 Å². The summed E-state index contributed by atoms with van der Waals surface area (Å²) in [5.74, 6) is -2.33. The molecule has 0 aliphatic carbocycles. The van der Waals surface area contributed by atoms with Crippen molar-refractivity contribution >= 4 is 23.2 Å². The van der Waals surface area contributed by atoms with Gasteiger partial charge in [0.1, 0.15) is 17.3 Å². The molecule has 4 nitrogen and oxygen atoms in total. The standard InChI is InChI=1S/C17H12ClF2N3O/c18-13-5-2-1-4-11(13)9-23-10-12(8-21-23)17(24)22-16-14(19)6-3-7-15(16)20/h1-8,10H,9H2,(H,22,24). The molecule has 3 rings (SSSR count). The van der Waals surface area contributed by atoms with E-state index in [-0.39, 0.29) is 5.56 Å². The summed E-state index contributed by atoms with van der Waals surface area (Å²) in [5, 5.41) is 6.88. The molecule has 1 N–H and O–H groups in total. The van der Waals surface area contributed by atoms with Gasteiger partial charge in [-0.05, 0) is 23.8 Å². The summed E-state index contributed by atoms with van der Waals surface area (Å²) < 4.78 is 28.7. The molecular formula is C17H12ClF2N3O. The molecule has 0 fully saturated rings. The third-order valence-electron chi connectivity index (χ3n) is 3.39. The van der Waals surface area contributed by atoms with Crippen molar-refractivity contribution in [2.75, 3.05) is 5.32 Å². The van der Waals surface area contributed by atoms with Crippen LogP contribution in [-0.2, 0) is 6.54 Å². The average Bonchev–Trinajstić information content (AvgIpc) is 3.02. The van der Waals surface area contributed by atoms with Crippen molar-refractivity contribution in [3.63, 3.8) is 0 Å². The molecule has 0 unspecified atom stereocenters. The predicted octanol–water partition coefficient (Wildman–Crippen LogP) is 4.12. The molecule has 0 bridgehead atoms. The van der Waals surface area contributed by atoms with E-state index in [0.717, 1.165) is 17.7 Å². The Labute approximate surface area is 141 Å². The molecule has 7 heteroatoms. The van der Waals surface area contributed by atoms with Crippen LogP contribution >= 0.6 is 11.6 Å². The van der Waals surface area contributed by atoms with E-state index < -0.39 is 23.2 Å². The highest BCUT2D eigenvalue weighted by molar-refractivity contribution is 6.31. The van der Waals surface area contributed by atoms with Crippen LogP contribution in [0.1, 0.15) is 15.9 Å². The summed E-state index contributed by atoms with van der Waals surface area (Å²) >= 11 is 6.08. The monoisotopic (exact) mass is 347 g/mol. The van der Waals surface area contributed by atoms with Gasteiger partial charge in [-0.3, -0.25) is 9.48 Å². The number of nitrogens with one attached hydrogen (secondary N) is 1. The van der Waals surface area contributed by atoms with Crippen molar-refractivity contribution in [1.29, 1.82) is 0 Å². The fourth-order valence-corrected chi connectivity index (χ4v) is 2.37. The molecule has 0 aliphatic rings. The zero-order chi connectivity index (χ0) is 17.1. The number of halogens is 3. The Morgan fingerprint density at radius 3 is 2.54 bits per heavy atom. The van der Waals surface area contributed by atoms with Gasteiger partial charge in [-0.2, -0.15) is 5.10 Å². The second kappa shape index (κ2) is 6.80. The lowest BCUT2D eigenvalue weighted by Crippen LogP contribution is -2.13. The number of benzene rings is 2. The van der Waals surface area contributed by atoms with Gasteiger partial charge in [0, 0.05) is 11.2 Å². The number of hydrogen-bond acceptors (Lipinski definition) is 2. The largest absolute Gasteiger partial charge is 0.317 e. The summed E-state index contributed by atoms with van der Waals surface area (Å²) in [7, 11) is 0. The molecule has 0 radical (unpaired) electrons. The van der Waals surface area contributed by atoms with Crippen LogP contribution in [0.15, 0.2) is 54.9 Å². The highest BCUT2D eigenvalue weighted by Crippen LogP contribution is 2.19. The molecule has 24 heavy (non-hydrogen) atoms. The number of carbonyl (C=O) groups is 1. The lowest BCUT2D eigenvalue weighted by atomic mass is 10.2. The molecule has 0 spiro atoms. The lowest BCUT2D eigenvalue weighted by Gasteiger charge is -2.06. The average molecular weight is 348 g/mol. The SMILES string of the molecule is O=C(Nc1c(F)cccc1F)c1cnn(Cc2ccccc2Cl)c1. The van der Waals surface area contributed by atoms with E-state index in [9.17, 15) is 13.6 Å². The second-order valence-corrected chi connectivity index (χ2v) is 5.48. The van der Waals surface area contributed by atoms with Crippen LogP contribution in [0.2, 0.25) is 5.02 Å². The van der Waals surface area contributed by atoms with Crippen LogP contribution in [0.25, 0.3) is 0 Å². The number of anilines is 1. The van der Waals surface area contributed by atoms with Crippen molar-refractivity contribution in [2.45, 2.75) is 6.54 Å². The molecular weight excluding hydrogens is 336 g/mol. The van der Waals surface area contributed by atoms with E-state index in [0.29, 0.717) is 11.6 Å². The quantitative estimate of drug-likeness (QED) is 0.772. The highest BCUT2D eigenvalue weighted by atomic mass is 35.5. The second-order valence-electron chi connectivity index (χ2n) is 5.07. The van der Waals surface area contributed by atoms with E-state index in [4.69, 9.17) is 11.6 Å². The first-order valence-electron chi connectivity index (χ1n) is 7.06. The number of hydrogen-bond donors (Lipinski definition) is 1. The normalized spacial score (nSPS) is 10.6. The van der Waals surface area contributed by atoms with E-state index in [2.05, 4.69) is 10.4 Å². The van der Waals surface area contributed by atoms with Crippen molar-refractivity contribution < 1.29 is 13.6 Å². The van der Waals surface area contributed by atoms with Gasteiger partial charge in [-0.15, -0.1) is 0 Å². The molecule has 1 heterocycles. The zero-order valence-corrected chi connectivity index (χ0v) is 13.1. The fourth-order valence-electron chi connectivity index (χ4n) is 2.17. The Hall–Kier alpha value is -2.73. The van der Waals surface area contributed by atoms with Crippen LogP contribution < -0.4 is 5.32 Å². The summed E-state index contributed by atoms with van der Waals surface area (Å²) in [5.41, 5.74) is 0.542. The minimum absolute atomic E-state index is 0.185. The van der Waals surface area contributed by atoms with Crippen LogP contribution in [-0.4, -0.2) is 15.7 Å². The Kier molecular flexibility index (Phi) is 4.57. The van der Waals surface area contributed by atoms with Gasteiger partial charge in [0.15, 0.2) is 0 Å². The molecule has 1 amide bonds. The summed E-state index contributed by atoms with van der Waals surface area (Å²) in [4.78, 5) is 12.1. The van der Waals surface area contributed by atoms with Gasteiger partial charge in [0.05, 0.1) is 18.3 Å². The molecule has 122 valence electrons. The summed E-state index contributed by atoms with van der Waals surface area (Å²) in [6.07, 6.45) is 2.81. The van der Waals surface area contributed by atoms with Crippen molar-refractivity contribution in [1.82, 2.24) is 9.78 Å². The van der Waals surface area contributed by atoms with E-state index in [1.165, 1.54) is 23.1 Å². The molecule has 2 aromatic carbocycles. The van der Waals surface area contributed by atoms with Gasteiger partial charge in [-0.25, -0.2) is 8.78 Å².